The van der Waals surface area contributed by atoms with Crippen molar-refractivity contribution in [1.82, 2.24) is 4.90 Å². The second-order valence-electron chi connectivity index (χ2n) is 6.66. The first-order chi connectivity index (χ1) is 13.0. The summed E-state index contributed by atoms with van der Waals surface area (Å²) in [6.45, 7) is 4.11. The summed E-state index contributed by atoms with van der Waals surface area (Å²) < 4.78 is 40.3. The lowest BCUT2D eigenvalue weighted by Crippen LogP contribution is -2.26. The molecule has 0 spiro atoms. The maximum absolute atomic E-state index is 12.3. The zero-order chi connectivity index (χ0) is 20.9. The van der Waals surface area contributed by atoms with Crippen LogP contribution in [0.1, 0.15) is 39.9 Å². The molecule has 1 amide bonds. The first-order valence-corrected chi connectivity index (χ1v) is 8.74. The number of benzene rings is 2. The lowest BCUT2D eigenvalue weighted by Gasteiger charge is -2.17. The maximum atomic E-state index is 12.3. The topological polar surface area (TPSA) is 46.6 Å². The quantitative estimate of drug-likeness (QED) is 0.634. The molecule has 28 heavy (non-hydrogen) atoms. The molecule has 4 nitrogen and oxygen atoms in total. The monoisotopic (exact) mass is 393 g/mol. The molecule has 0 radical (unpaired) electrons. The molecule has 0 fully saturated rings. The van der Waals surface area contributed by atoms with Crippen molar-refractivity contribution < 1.29 is 27.5 Å². The molecule has 2 aromatic carbocycles. The smallest absolute Gasteiger partial charge is 0.406 e. The molecule has 0 saturated heterocycles. The number of alkyl halides is 3. The molecule has 0 aliphatic carbocycles. The zero-order valence-electron chi connectivity index (χ0n) is 16.0. The fourth-order valence-electron chi connectivity index (χ4n) is 2.63. The normalized spacial score (nSPS) is 11.2. The van der Waals surface area contributed by atoms with E-state index >= 15 is 0 Å². The summed E-state index contributed by atoms with van der Waals surface area (Å²) >= 11 is 0. The van der Waals surface area contributed by atoms with E-state index in [-0.39, 0.29) is 36.8 Å². The van der Waals surface area contributed by atoms with Crippen LogP contribution in [0.3, 0.4) is 0 Å². The fourth-order valence-corrected chi connectivity index (χ4v) is 2.63. The number of rotatable bonds is 7. The summed E-state index contributed by atoms with van der Waals surface area (Å²) in [7, 11) is 1.59. The molecule has 0 bridgehead atoms. The second kappa shape index (κ2) is 8.91. The number of amides is 1. The van der Waals surface area contributed by atoms with Gasteiger partial charge in [-0.2, -0.15) is 0 Å². The first kappa shape index (κ1) is 21.5. The van der Waals surface area contributed by atoms with Crippen LogP contribution in [0.15, 0.2) is 42.5 Å². The highest BCUT2D eigenvalue weighted by Crippen LogP contribution is 2.23. The van der Waals surface area contributed by atoms with E-state index in [9.17, 15) is 22.8 Å². The van der Waals surface area contributed by atoms with E-state index in [0.29, 0.717) is 11.1 Å². The third-order valence-corrected chi connectivity index (χ3v) is 4.40. The fraction of sp³-hybridized carbons (Fsp3) is 0.333. The number of carbonyl (C=O) groups excluding carboxylic acids is 2. The molecule has 0 atom stereocenters. The van der Waals surface area contributed by atoms with Crippen molar-refractivity contribution in [3.63, 3.8) is 0 Å². The van der Waals surface area contributed by atoms with Gasteiger partial charge in [-0.3, -0.25) is 9.59 Å². The molecule has 0 aromatic heterocycles. The van der Waals surface area contributed by atoms with Crippen molar-refractivity contribution >= 4 is 11.7 Å². The van der Waals surface area contributed by atoms with E-state index in [1.54, 1.807) is 13.1 Å². The van der Waals surface area contributed by atoms with Gasteiger partial charge >= 0.3 is 6.36 Å². The molecule has 0 unspecified atom stereocenters. The SMILES string of the molecule is Cc1ccc(C(=O)CCC(=O)N(C)Cc2ccc(OC(F)(F)F)cc2)cc1C. The van der Waals surface area contributed by atoms with Crippen molar-refractivity contribution in [2.24, 2.45) is 0 Å². The molecule has 0 N–H and O–H groups in total. The summed E-state index contributed by atoms with van der Waals surface area (Å²) in [6, 6.07) is 10.8. The number of Topliss-reactive ketones (excluding diaryl/α,β-unsaturated/α-hetero) is 1. The van der Waals surface area contributed by atoms with Gasteiger partial charge in [-0.15, -0.1) is 13.2 Å². The highest BCUT2D eigenvalue weighted by molar-refractivity contribution is 5.98. The predicted molar refractivity (Wildman–Crippen MR) is 99.1 cm³/mol. The van der Waals surface area contributed by atoms with Crippen LogP contribution in [0.5, 0.6) is 5.75 Å². The van der Waals surface area contributed by atoms with Gasteiger partial charge in [-0.05, 0) is 48.7 Å². The van der Waals surface area contributed by atoms with E-state index < -0.39 is 6.36 Å². The number of ether oxygens (including phenoxy) is 1. The Labute approximate surface area is 161 Å². The van der Waals surface area contributed by atoms with Crippen molar-refractivity contribution in [1.29, 1.82) is 0 Å². The van der Waals surface area contributed by atoms with Gasteiger partial charge in [0.25, 0.3) is 0 Å². The van der Waals surface area contributed by atoms with Crippen molar-refractivity contribution in [2.45, 2.75) is 39.6 Å². The molecule has 150 valence electrons. The standard InChI is InChI=1S/C21H22F3NO3/c1-14-4-7-17(12-15(14)2)19(26)10-11-20(27)25(3)13-16-5-8-18(9-6-16)28-21(22,23)24/h4-9,12H,10-11,13H2,1-3H3. The van der Waals surface area contributed by atoms with Gasteiger partial charge in [-0.1, -0.05) is 24.3 Å². The van der Waals surface area contributed by atoms with E-state index in [4.69, 9.17) is 0 Å². The lowest BCUT2D eigenvalue weighted by atomic mass is 10.0. The third kappa shape index (κ3) is 6.40. The zero-order valence-corrected chi connectivity index (χ0v) is 16.0. The number of halogens is 3. The number of nitrogens with zero attached hydrogens (tertiary/aromatic N) is 1. The van der Waals surface area contributed by atoms with Gasteiger partial charge in [0.15, 0.2) is 5.78 Å². The van der Waals surface area contributed by atoms with E-state index in [1.807, 2.05) is 26.0 Å². The summed E-state index contributed by atoms with van der Waals surface area (Å²) in [5.74, 6) is -0.629. The van der Waals surface area contributed by atoms with Gasteiger partial charge in [0, 0.05) is 32.0 Å². The Bertz CT molecular complexity index is 845. The second-order valence-corrected chi connectivity index (χ2v) is 6.66. The molecule has 7 heteroatoms. The van der Waals surface area contributed by atoms with E-state index in [0.717, 1.165) is 11.1 Å². The largest absolute Gasteiger partial charge is 0.573 e. The number of aryl methyl sites for hydroxylation is 2. The molecule has 2 rings (SSSR count). The Morgan fingerprint density at radius 2 is 1.61 bits per heavy atom. The number of hydrogen-bond acceptors (Lipinski definition) is 3. The molecule has 0 aliphatic rings. The van der Waals surface area contributed by atoms with Gasteiger partial charge in [0.1, 0.15) is 5.75 Å². The van der Waals surface area contributed by atoms with Crippen LogP contribution in [0.25, 0.3) is 0 Å². The molecule has 2 aromatic rings. The van der Waals surface area contributed by atoms with E-state index in [2.05, 4.69) is 4.74 Å². The number of carbonyl (C=O) groups is 2. The molecule has 0 aliphatic heterocycles. The van der Waals surface area contributed by atoms with Gasteiger partial charge < -0.3 is 9.64 Å². The summed E-state index contributed by atoms with van der Waals surface area (Å²) in [6.07, 6.45) is -4.57. The van der Waals surface area contributed by atoms with Gasteiger partial charge in [-0.25, -0.2) is 0 Å². The maximum Gasteiger partial charge on any atom is 0.573 e. The van der Waals surface area contributed by atoms with E-state index in [1.165, 1.54) is 29.2 Å². The minimum atomic E-state index is -4.74. The van der Waals surface area contributed by atoms with Crippen molar-refractivity contribution in [3.05, 3.63) is 64.7 Å². The highest BCUT2D eigenvalue weighted by Gasteiger charge is 2.30. The van der Waals surface area contributed by atoms with Crippen LogP contribution in [-0.2, 0) is 11.3 Å². The number of ketones is 1. The Kier molecular flexibility index (Phi) is 6.83. The van der Waals surface area contributed by atoms with Crippen molar-refractivity contribution in [2.75, 3.05) is 7.05 Å². The minimum absolute atomic E-state index is 0.0670. The van der Waals surface area contributed by atoms with Crippen LogP contribution in [0, 0.1) is 13.8 Å². The Balaban J connectivity index is 1.87. The Hall–Kier alpha value is -2.83. The molecular formula is C21H22F3NO3. The summed E-state index contributed by atoms with van der Waals surface area (Å²) in [4.78, 5) is 26.0. The highest BCUT2D eigenvalue weighted by atomic mass is 19.4. The average Bonchev–Trinajstić information content (AvgIpc) is 2.62. The molecule has 0 saturated carbocycles. The molecule has 0 heterocycles. The van der Waals surface area contributed by atoms with Crippen LogP contribution in [0.4, 0.5) is 13.2 Å². The van der Waals surface area contributed by atoms with Gasteiger partial charge in [0.05, 0.1) is 0 Å². The predicted octanol–water partition coefficient (Wildman–Crippen LogP) is 4.82. The van der Waals surface area contributed by atoms with Gasteiger partial charge in [0.2, 0.25) is 5.91 Å². The molecular weight excluding hydrogens is 371 g/mol. The van der Waals surface area contributed by atoms with Crippen LogP contribution in [-0.4, -0.2) is 30.0 Å². The third-order valence-electron chi connectivity index (χ3n) is 4.40. The Morgan fingerprint density at radius 1 is 0.964 bits per heavy atom. The lowest BCUT2D eigenvalue weighted by molar-refractivity contribution is -0.274. The van der Waals surface area contributed by atoms with Crippen molar-refractivity contribution in [3.8, 4) is 5.75 Å². The van der Waals surface area contributed by atoms with Crippen LogP contribution < -0.4 is 4.74 Å². The Morgan fingerprint density at radius 3 is 2.18 bits per heavy atom. The number of hydrogen-bond donors (Lipinski definition) is 0. The average molecular weight is 393 g/mol. The summed E-state index contributed by atoms with van der Waals surface area (Å²) in [5.41, 5.74) is 3.36. The van der Waals surface area contributed by atoms with Crippen LogP contribution in [0.2, 0.25) is 0 Å². The summed E-state index contributed by atoms with van der Waals surface area (Å²) in [5, 5.41) is 0. The van der Waals surface area contributed by atoms with Crippen LogP contribution >= 0.6 is 0 Å². The first-order valence-electron chi connectivity index (χ1n) is 8.74. The minimum Gasteiger partial charge on any atom is -0.406 e.